The molecule has 0 aliphatic rings. The van der Waals surface area contributed by atoms with Crippen molar-refractivity contribution in [2.24, 2.45) is 0 Å². The maximum Gasteiger partial charge on any atom is 0.209 e. The molecular weight excluding hydrogens is 482 g/mol. The van der Waals surface area contributed by atoms with Crippen LogP contribution in [0, 0.1) is 6.92 Å². The molecule has 0 saturated carbocycles. The van der Waals surface area contributed by atoms with Gasteiger partial charge in [0.25, 0.3) is 0 Å². The Morgan fingerprint density at radius 2 is 1.70 bits per heavy atom. The molecule has 0 saturated heterocycles. The molecular formula is C27H22BrNO4. The molecule has 33 heavy (non-hydrogen) atoms. The Bertz CT molecular complexity index is 1380. The summed E-state index contributed by atoms with van der Waals surface area (Å²) in [6, 6.07) is 18.0. The van der Waals surface area contributed by atoms with Crippen molar-refractivity contribution in [2.45, 2.75) is 6.92 Å². The molecule has 0 unspecified atom stereocenters. The standard InChI is InChI=1S/C27H22BrNO4/c1-17-12-13-29-23(14-17)22(16-24(29)27(31)18-4-7-20(28)8-5-18)25(30)10-6-19-15-21(32-2)9-11-26(19)33-3/h4-16H,1-3H3/b10-6+. The Labute approximate surface area is 200 Å². The zero-order valence-electron chi connectivity index (χ0n) is 18.5. The van der Waals surface area contributed by atoms with Crippen molar-refractivity contribution in [3.05, 3.63) is 105 Å². The van der Waals surface area contributed by atoms with Crippen LogP contribution in [0.3, 0.4) is 0 Å². The molecule has 2 heterocycles. The maximum atomic E-state index is 13.2. The minimum Gasteiger partial charge on any atom is -0.497 e. The molecule has 0 spiro atoms. The van der Waals surface area contributed by atoms with Gasteiger partial charge in [-0.2, -0.15) is 0 Å². The van der Waals surface area contributed by atoms with Gasteiger partial charge in [0.1, 0.15) is 11.5 Å². The monoisotopic (exact) mass is 503 g/mol. The maximum absolute atomic E-state index is 13.2. The van der Waals surface area contributed by atoms with E-state index < -0.39 is 0 Å². The van der Waals surface area contributed by atoms with E-state index in [0.29, 0.717) is 33.8 Å². The number of carbonyl (C=O) groups excluding carboxylic acids is 2. The Balaban J connectivity index is 1.76. The number of carbonyl (C=O) groups is 2. The zero-order valence-corrected chi connectivity index (χ0v) is 20.0. The van der Waals surface area contributed by atoms with E-state index >= 15 is 0 Å². The first kappa shape index (κ1) is 22.6. The van der Waals surface area contributed by atoms with Gasteiger partial charge in [-0.1, -0.05) is 15.9 Å². The number of aryl methyl sites for hydroxylation is 1. The Morgan fingerprint density at radius 3 is 2.39 bits per heavy atom. The number of hydrogen-bond acceptors (Lipinski definition) is 4. The molecule has 4 rings (SSSR count). The highest BCUT2D eigenvalue weighted by Crippen LogP contribution is 2.27. The van der Waals surface area contributed by atoms with E-state index in [0.717, 1.165) is 15.6 Å². The van der Waals surface area contributed by atoms with Crippen LogP contribution in [0.5, 0.6) is 11.5 Å². The van der Waals surface area contributed by atoms with Gasteiger partial charge in [0.2, 0.25) is 5.78 Å². The van der Waals surface area contributed by atoms with E-state index in [4.69, 9.17) is 9.47 Å². The number of methoxy groups -OCH3 is 2. The molecule has 2 aromatic carbocycles. The van der Waals surface area contributed by atoms with Crippen molar-refractivity contribution in [3.63, 3.8) is 0 Å². The fourth-order valence-corrected chi connectivity index (χ4v) is 3.91. The topological polar surface area (TPSA) is 57.0 Å². The lowest BCUT2D eigenvalue weighted by Crippen LogP contribution is -2.04. The van der Waals surface area contributed by atoms with Crippen molar-refractivity contribution in [3.8, 4) is 11.5 Å². The molecule has 0 bridgehead atoms. The van der Waals surface area contributed by atoms with E-state index in [-0.39, 0.29) is 11.6 Å². The molecule has 0 N–H and O–H groups in total. The number of halogens is 1. The summed E-state index contributed by atoms with van der Waals surface area (Å²) in [5, 5.41) is 0. The Morgan fingerprint density at radius 1 is 0.939 bits per heavy atom. The molecule has 166 valence electrons. The third-order valence-corrected chi connectivity index (χ3v) is 5.91. The Kier molecular flexibility index (Phi) is 6.47. The van der Waals surface area contributed by atoms with Crippen LogP contribution in [0.25, 0.3) is 11.6 Å². The van der Waals surface area contributed by atoms with Crippen LogP contribution in [0.1, 0.15) is 37.5 Å². The molecule has 5 nitrogen and oxygen atoms in total. The first-order chi connectivity index (χ1) is 15.9. The lowest BCUT2D eigenvalue weighted by molar-refractivity contribution is 0.103. The average Bonchev–Trinajstić information content (AvgIpc) is 3.21. The first-order valence-electron chi connectivity index (χ1n) is 10.3. The highest BCUT2D eigenvalue weighted by molar-refractivity contribution is 9.10. The number of nitrogens with zero attached hydrogens (tertiary/aromatic N) is 1. The molecule has 4 aromatic rings. The van der Waals surface area contributed by atoms with Crippen molar-refractivity contribution in [2.75, 3.05) is 14.2 Å². The first-order valence-corrected chi connectivity index (χ1v) is 11.1. The van der Waals surface area contributed by atoms with Crippen molar-refractivity contribution >= 4 is 39.1 Å². The van der Waals surface area contributed by atoms with Crippen LogP contribution in [-0.2, 0) is 0 Å². The third kappa shape index (κ3) is 4.61. The fraction of sp³-hybridized carbons (Fsp3) is 0.111. The number of benzene rings is 2. The molecule has 0 aliphatic heterocycles. The van der Waals surface area contributed by atoms with Crippen molar-refractivity contribution < 1.29 is 19.1 Å². The summed E-state index contributed by atoms with van der Waals surface area (Å²) >= 11 is 3.39. The normalized spacial score (nSPS) is 11.2. The smallest absolute Gasteiger partial charge is 0.209 e. The van der Waals surface area contributed by atoms with Crippen LogP contribution in [-0.4, -0.2) is 30.2 Å². The van der Waals surface area contributed by atoms with Crippen LogP contribution in [0.4, 0.5) is 0 Å². The second-order valence-electron chi connectivity index (χ2n) is 7.54. The van der Waals surface area contributed by atoms with Gasteiger partial charge in [0.15, 0.2) is 5.78 Å². The third-order valence-electron chi connectivity index (χ3n) is 5.38. The lowest BCUT2D eigenvalue weighted by Gasteiger charge is -2.07. The van der Waals surface area contributed by atoms with Gasteiger partial charge in [-0.25, -0.2) is 0 Å². The number of allylic oxidation sites excluding steroid dienone is 1. The summed E-state index contributed by atoms with van der Waals surface area (Å²) in [6.45, 7) is 1.95. The average molecular weight is 504 g/mol. The van der Waals surface area contributed by atoms with Gasteiger partial charge in [0, 0.05) is 27.4 Å². The summed E-state index contributed by atoms with van der Waals surface area (Å²) in [5.41, 5.74) is 3.84. The van der Waals surface area contributed by atoms with E-state index in [1.54, 1.807) is 61.1 Å². The van der Waals surface area contributed by atoms with E-state index in [1.165, 1.54) is 6.08 Å². The Hall–Kier alpha value is -3.64. The van der Waals surface area contributed by atoms with Crippen molar-refractivity contribution in [1.82, 2.24) is 4.40 Å². The lowest BCUT2D eigenvalue weighted by atomic mass is 10.1. The fourth-order valence-electron chi connectivity index (χ4n) is 3.65. The summed E-state index contributed by atoms with van der Waals surface area (Å²) in [6.07, 6.45) is 5.00. The summed E-state index contributed by atoms with van der Waals surface area (Å²) in [5.74, 6) is 0.926. The molecule has 2 aromatic heterocycles. The number of ketones is 2. The number of aromatic nitrogens is 1. The van der Waals surface area contributed by atoms with Crippen molar-refractivity contribution in [1.29, 1.82) is 0 Å². The summed E-state index contributed by atoms with van der Waals surface area (Å²) < 4.78 is 13.3. The molecule has 6 heteroatoms. The van der Waals surface area contributed by atoms with Crippen LogP contribution in [0.2, 0.25) is 0 Å². The number of ether oxygens (including phenoxy) is 2. The van der Waals surface area contributed by atoms with Gasteiger partial charge in [-0.3, -0.25) is 9.59 Å². The van der Waals surface area contributed by atoms with E-state index in [2.05, 4.69) is 15.9 Å². The van der Waals surface area contributed by atoms with Gasteiger partial charge >= 0.3 is 0 Å². The van der Waals surface area contributed by atoms with Crippen LogP contribution in [0.15, 0.2) is 77.4 Å². The predicted molar refractivity (Wildman–Crippen MR) is 133 cm³/mol. The number of pyridine rings is 1. The molecule has 0 amide bonds. The molecule has 0 aliphatic carbocycles. The van der Waals surface area contributed by atoms with Gasteiger partial charge in [0.05, 0.1) is 25.4 Å². The molecule has 0 radical (unpaired) electrons. The summed E-state index contributed by atoms with van der Waals surface area (Å²) in [4.78, 5) is 26.5. The second kappa shape index (κ2) is 9.46. The molecule has 0 atom stereocenters. The number of fused-ring (bicyclic) bond motifs is 1. The SMILES string of the molecule is COc1ccc(OC)c(/C=C/C(=O)c2cc(C(=O)c3ccc(Br)cc3)n3ccc(C)cc23)c1. The highest BCUT2D eigenvalue weighted by atomic mass is 79.9. The van der Waals surface area contributed by atoms with Gasteiger partial charge in [-0.05, 0) is 85.3 Å². The van der Waals surface area contributed by atoms with Gasteiger partial charge in [-0.15, -0.1) is 0 Å². The minimum atomic E-state index is -0.210. The minimum absolute atomic E-state index is 0.154. The molecule has 0 fully saturated rings. The quantitative estimate of drug-likeness (QED) is 0.224. The zero-order chi connectivity index (χ0) is 23.5. The predicted octanol–water partition coefficient (Wildman–Crippen LogP) is 6.15. The number of rotatable bonds is 7. The van der Waals surface area contributed by atoms with Crippen LogP contribution >= 0.6 is 15.9 Å². The van der Waals surface area contributed by atoms with Crippen LogP contribution < -0.4 is 9.47 Å². The second-order valence-corrected chi connectivity index (χ2v) is 8.46. The number of hydrogen-bond donors (Lipinski definition) is 0. The van der Waals surface area contributed by atoms with E-state index in [9.17, 15) is 9.59 Å². The highest BCUT2D eigenvalue weighted by Gasteiger charge is 2.20. The van der Waals surface area contributed by atoms with Gasteiger partial charge < -0.3 is 13.9 Å². The van der Waals surface area contributed by atoms with E-state index in [1.807, 2.05) is 37.4 Å². The summed E-state index contributed by atoms with van der Waals surface area (Å²) in [7, 11) is 3.16. The largest absolute Gasteiger partial charge is 0.497 e.